The summed E-state index contributed by atoms with van der Waals surface area (Å²) in [7, 11) is 0. The molecular weight excluding hydrogens is 392 g/mol. The van der Waals surface area contributed by atoms with E-state index in [9.17, 15) is 10.1 Å². The van der Waals surface area contributed by atoms with Gasteiger partial charge in [-0.1, -0.05) is 23.7 Å². The van der Waals surface area contributed by atoms with Crippen LogP contribution in [0.15, 0.2) is 35.1 Å². The smallest absolute Gasteiger partial charge is 0.303 e. The van der Waals surface area contributed by atoms with Crippen LogP contribution in [0.4, 0.5) is 0 Å². The number of halogens is 1. The molecule has 8 nitrogen and oxygen atoms in total. The molecule has 1 aromatic rings. The Bertz CT molecular complexity index is 799. The summed E-state index contributed by atoms with van der Waals surface area (Å²) in [4.78, 5) is 15.7. The maximum Gasteiger partial charge on any atom is 0.303 e. The number of nitrogens with one attached hydrogen (secondary N) is 2. The third kappa shape index (κ3) is 5.07. The first-order valence-corrected chi connectivity index (χ1v) is 10.4. The van der Waals surface area contributed by atoms with E-state index in [0.29, 0.717) is 42.3 Å². The van der Waals surface area contributed by atoms with Gasteiger partial charge in [0.15, 0.2) is 5.96 Å². The Morgan fingerprint density at radius 3 is 2.66 bits per heavy atom. The molecule has 0 bridgehead atoms. The lowest BCUT2D eigenvalue weighted by atomic mass is 9.77. The van der Waals surface area contributed by atoms with Gasteiger partial charge in [0.2, 0.25) is 5.66 Å². The van der Waals surface area contributed by atoms with Gasteiger partial charge >= 0.3 is 5.70 Å². The first-order valence-electron chi connectivity index (χ1n) is 10.0. The fourth-order valence-corrected chi connectivity index (χ4v) is 4.46. The van der Waals surface area contributed by atoms with Crippen molar-refractivity contribution < 1.29 is 4.92 Å². The number of aryl methyl sites for hydroxylation is 1. The molecule has 3 rings (SSSR count). The summed E-state index contributed by atoms with van der Waals surface area (Å²) in [5.74, 6) is 1.24. The van der Waals surface area contributed by atoms with Gasteiger partial charge in [-0.3, -0.25) is 15.8 Å². The number of aliphatic imine (C=N–C) groups is 1. The predicted octanol–water partition coefficient (Wildman–Crippen LogP) is 2.63. The number of guanidine groups is 1. The summed E-state index contributed by atoms with van der Waals surface area (Å²) >= 11 is 6.29. The van der Waals surface area contributed by atoms with Crippen LogP contribution in [0.1, 0.15) is 43.2 Å². The minimum atomic E-state index is -1.37. The van der Waals surface area contributed by atoms with Gasteiger partial charge in [0.1, 0.15) is 0 Å². The molecule has 0 aromatic heterocycles. The van der Waals surface area contributed by atoms with Crippen molar-refractivity contribution in [1.29, 1.82) is 0 Å². The van der Waals surface area contributed by atoms with E-state index in [-0.39, 0.29) is 5.70 Å². The van der Waals surface area contributed by atoms with Crippen molar-refractivity contribution in [3.63, 3.8) is 0 Å². The van der Waals surface area contributed by atoms with E-state index >= 15 is 0 Å². The van der Waals surface area contributed by atoms with Crippen molar-refractivity contribution >= 4 is 17.6 Å². The molecule has 0 radical (unpaired) electrons. The van der Waals surface area contributed by atoms with Crippen LogP contribution < -0.4 is 22.1 Å². The highest BCUT2D eigenvalue weighted by atomic mass is 35.5. The molecule has 1 aliphatic carbocycles. The number of hydrogen-bond donors (Lipinski definition) is 4. The Morgan fingerprint density at radius 2 is 2.03 bits per heavy atom. The molecule has 29 heavy (non-hydrogen) atoms. The summed E-state index contributed by atoms with van der Waals surface area (Å²) in [6, 6.07) is 5.71. The number of rotatable bonds is 6. The molecule has 2 aliphatic rings. The molecule has 0 amide bonds. The zero-order chi connectivity index (χ0) is 21.0. The van der Waals surface area contributed by atoms with Crippen molar-refractivity contribution in [2.75, 3.05) is 6.54 Å². The number of hydrogen-bond acceptors (Lipinski definition) is 7. The Labute approximate surface area is 175 Å². The van der Waals surface area contributed by atoms with Gasteiger partial charge in [0.05, 0.1) is 11.1 Å². The summed E-state index contributed by atoms with van der Waals surface area (Å²) in [5, 5.41) is 18.3. The predicted molar refractivity (Wildman–Crippen MR) is 115 cm³/mol. The van der Waals surface area contributed by atoms with Crippen molar-refractivity contribution in [2.24, 2.45) is 28.3 Å². The van der Waals surface area contributed by atoms with Crippen molar-refractivity contribution in [3.05, 3.63) is 56.4 Å². The molecular formula is C20H29ClN6O2. The van der Waals surface area contributed by atoms with Crippen LogP contribution in [0.3, 0.4) is 0 Å². The number of benzene rings is 1. The van der Waals surface area contributed by atoms with E-state index in [1.165, 1.54) is 6.20 Å². The maximum absolute atomic E-state index is 11.6. The topological polar surface area (TPSA) is 132 Å². The van der Waals surface area contributed by atoms with Crippen LogP contribution in [0.25, 0.3) is 0 Å². The molecule has 1 unspecified atom stereocenters. The van der Waals surface area contributed by atoms with E-state index in [0.717, 1.165) is 36.8 Å². The van der Waals surface area contributed by atoms with Gasteiger partial charge in [-0.2, -0.15) is 0 Å². The third-order valence-corrected chi connectivity index (χ3v) is 6.34. The first-order chi connectivity index (χ1) is 13.8. The van der Waals surface area contributed by atoms with Gasteiger partial charge in [-0.15, -0.1) is 0 Å². The fraction of sp³-hybridized carbons (Fsp3) is 0.550. The largest absolute Gasteiger partial charge is 0.352 e. The molecule has 1 atom stereocenters. The highest BCUT2D eigenvalue weighted by Crippen LogP contribution is 2.36. The lowest BCUT2D eigenvalue weighted by Gasteiger charge is -2.34. The summed E-state index contributed by atoms with van der Waals surface area (Å²) in [5.41, 5.74) is 12.8. The van der Waals surface area contributed by atoms with Gasteiger partial charge < -0.3 is 16.4 Å². The van der Waals surface area contributed by atoms with E-state index < -0.39 is 10.6 Å². The normalized spacial score (nSPS) is 26.9. The van der Waals surface area contributed by atoms with Gasteiger partial charge in [0, 0.05) is 11.6 Å². The highest BCUT2D eigenvalue weighted by molar-refractivity contribution is 6.31. The quantitative estimate of drug-likeness (QED) is 0.413. The Hall–Kier alpha value is -2.16. The number of nitrogens with two attached hydrogens (primary N) is 2. The Kier molecular flexibility index (Phi) is 6.77. The van der Waals surface area contributed by atoms with Gasteiger partial charge in [-0.25, -0.2) is 4.99 Å². The second-order valence-electron chi connectivity index (χ2n) is 8.03. The van der Waals surface area contributed by atoms with E-state index in [1.54, 1.807) is 0 Å². The van der Waals surface area contributed by atoms with Gasteiger partial charge in [-0.05, 0) is 74.6 Å². The monoisotopic (exact) mass is 420 g/mol. The second-order valence-corrected chi connectivity index (χ2v) is 8.44. The molecule has 6 N–H and O–H groups in total. The summed E-state index contributed by atoms with van der Waals surface area (Å²) in [6.45, 7) is 3.11. The molecule has 1 aromatic carbocycles. The first kappa shape index (κ1) is 21.5. The van der Waals surface area contributed by atoms with E-state index in [2.05, 4.69) is 15.6 Å². The van der Waals surface area contributed by atoms with Crippen LogP contribution in [0.2, 0.25) is 5.02 Å². The van der Waals surface area contributed by atoms with Crippen LogP contribution in [-0.4, -0.2) is 23.1 Å². The minimum absolute atomic E-state index is 0.113. The van der Waals surface area contributed by atoms with E-state index in [1.807, 2.05) is 25.1 Å². The number of nitrogens with zero attached hydrogens (tertiary/aromatic N) is 2. The lowest BCUT2D eigenvalue weighted by molar-refractivity contribution is -0.436. The molecule has 1 fully saturated rings. The van der Waals surface area contributed by atoms with Crippen molar-refractivity contribution in [2.45, 2.75) is 51.2 Å². The van der Waals surface area contributed by atoms with Crippen LogP contribution in [-0.2, 0) is 6.54 Å². The van der Waals surface area contributed by atoms with Crippen molar-refractivity contribution in [3.8, 4) is 0 Å². The molecule has 158 valence electrons. The standard InChI is InChI=1S/C20H29ClN6O2/c1-13-3-2-4-17(21)16(13)11-24-19-25-12-18(27(28)29)20(23,26-19)9-14-5-7-15(10-22)8-6-14/h2-4,12,14-15H,5-11,22-23H2,1H3,(H2,24,25,26). The van der Waals surface area contributed by atoms with Crippen LogP contribution in [0, 0.1) is 28.9 Å². The zero-order valence-corrected chi connectivity index (χ0v) is 17.4. The molecule has 0 saturated heterocycles. The lowest BCUT2D eigenvalue weighted by Crippen LogP contribution is -2.52. The Morgan fingerprint density at radius 1 is 1.34 bits per heavy atom. The Balaban J connectivity index is 1.73. The second kappa shape index (κ2) is 9.11. The van der Waals surface area contributed by atoms with Crippen LogP contribution >= 0.6 is 11.6 Å². The molecule has 1 saturated carbocycles. The molecule has 1 heterocycles. The fourth-order valence-electron chi connectivity index (χ4n) is 4.18. The van der Waals surface area contributed by atoms with E-state index in [4.69, 9.17) is 23.1 Å². The van der Waals surface area contributed by atoms with Crippen molar-refractivity contribution in [1.82, 2.24) is 10.6 Å². The SMILES string of the molecule is Cc1cccc(Cl)c1CNC1=NC(N)(CC2CCC(CN)CC2)C([N+](=O)[O-])=CN1. The highest BCUT2D eigenvalue weighted by Gasteiger charge is 2.44. The summed E-state index contributed by atoms with van der Waals surface area (Å²) in [6.07, 6.45) is 5.79. The molecule has 9 heteroatoms. The summed E-state index contributed by atoms with van der Waals surface area (Å²) < 4.78 is 0. The minimum Gasteiger partial charge on any atom is -0.352 e. The molecule has 0 spiro atoms. The average Bonchev–Trinajstić information content (AvgIpc) is 2.67. The van der Waals surface area contributed by atoms with Crippen LogP contribution in [0.5, 0.6) is 0 Å². The third-order valence-electron chi connectivity index (χ3n) is 5.98. The molecule has 1 aliphatic heterocycles. The zero-order valence-electron chi connectivity index (χ0n) is 16.7. The number of nitro groups is 1. The maximum atomic E-state index is 11.6. The average molecular weight is 421 g/mol. The van der Waals surface area contributed by atoms with Gasteiger partial charge in [0.25, 0.3) is 0 Å².